The number of amides is 1. The molecule has 0 spiro atoms. The molecule has 31 heavy (non-hydrogen) atoms. The van der Waals surface area contributed by atoms with E-state index in [2.05, 4.69) is 32.6 Å². The molecule has 0 saturated carbocycles. The van der Waals surface area contributed by atoms with Crippen LogP contribution in [0.1, 0.15) is 28.0 Å². The number of rotatable bonds is 8. The molecule has 4 rings (SSSR count). The molecule has 7 heteroatoms. The van der Waals surface area contributed by atoms with Crippen molar-refractivity contribution in [3.8, 4) is 5.75 Å². The van der Waals surface area contributed by atoms with E-state index in [-0.39, 0.29) is 5.91 Å². The number of piperazine rings is 1. The van der Waals surface area contributed by atoms with Gasteiger partial charge in [-0.05, 0) is 31.2 Å². The maximum absolute atomic E-state index is 12.2. The maximum Gasteiger partial charge on any atom is 0.251 e. The average Bonchev–Trinajstić information content (AvgIpc) is 3.26. The molecule has 2 aromatic carbocycles. The zero-order valence-electron chi connectivity index (χ0n) is 17.8. The van der Waals surface area contributed by atoms with Gasteiger partial charge in [-0.15, -0.1) is 11.3 Å². The first-order valence-corrected chi connectivity index (χ1v) is 11.6. The van der Waals surface area contributed by atoms with Gasteiger partial charge in [0, 0.05) is 43.7 Å². The Bertz CT molecular complexity index is 984. The second-order valence-electron chi connectivity index (χ2n) is 7.45. The van der Waals surface area contributed by atoms with Gasteiger partial charge in [-0.25, -0.2) is 4.98 Å². The van der Waals surface area contributed by atoms with Crippen LogP contribution >= 0.6 is 11.3 Å². The van der Waals surface area contributed by atoms with Gasteiger partial charge in [0.05, 0.1) is 24.5 Å². The summed E-state index contributed by atoms with van der Waals surface area (Å²) in [5, 5.41) is 5.98. The summed E-state index contributed by atoms with van der Waals surface area (Å²) in [7, 11) is 0. The molecule has 1 aromatic heterocycles. The van der Waals surface area contributed by atoms with Gasteiger partial charge in [-0.1, -0.05) is 30.3 Å². The summed E-state index contributed by atoms with van der Waals surface area (Å²) >= 11 is 1.60. The van der Waals surface area contributed by atoms with Crippen LogP contribution in [-0.2, 0) is 13.1 Å². The number of hydrogen-bond donors (Lipinski definition) is 1. The largest absolute Gasteiger partial charge is 0.492 e. The average molecular weight is 437 g/mol. The lowest BCUT2D eigenvalue weighted by atomic mass is 10.2. The number of hydrogen-bond acceptors (Lipinski definition) is 6. The van der Waals surface area contributed by atoms with E-state index in [4.69, 9.17) is 9.72 Å². The number of thiazole rings is 1. The predicted molar refractivity (Wildman–Crippen MR) is 125 cm³/mol. The van der Waals surface area contributed by atoms with Crippen LogP contribution in [0.15, 0.2) is 60.0 Å². The third-order valence-corrected chi connectivity index (χ3v) is 6.20. The Kier molecular flexibility index (Phi) is 7.17. The first kappa shape index (κ1) is 21.3. The molecule has 0 aliphatic carbocycles. The number of carbonyl (C=O) groups excluding carboxylic acids is 1. The standard InChI is InChI=1S/C24H28N4O2S/c1-2-30-22-11-7-6-10-21(22)28-14-12-27(13-15-28)17-20-18-31-23(26-20)16-25-24(29)19-8-4-3-5-9-19/h3-11,18H,2,12-17H2,1H3,(H,25,29). The molecule has 162 valence electrons. The summed E-state index contributed by atoms with van der Waals surface area (Å²) in [6, 6.07) is 17.5. The normalized spacial score (nSPS) is 14.4. The summed E-state index contributed by atoms with van der Waals surface area (Å²) in [6.07, 6.45) is 0. The minimum atomic E-state index is -0.0687. The molecule has 1 fully saturated rings. The van der Waals surface area contributed by atoms with E-state index in [1.54, 1.807) is 11.3 Å². The van der Waals surface area contributed by atoms with Gasteiger partial charge in [0.2, 0.25) is 0 Å². The molecule has 3 aromatic rings. The van der Waals surface area contributed by atoms with Crippen LogP contribution in [-0.4, -0.2) is 48.6 Å². The lowest BCUT2D eigenvalue weighted by molar-refractivity contribution is 0.0951. The van der Waals surface area contributed by atoms with Crippen LogP contribution in [0.4, 0.5) is 5.69 Å². The Morgan fingerprint density at radius 2 is 1.81 bits per heavy atom. The highest BCUT2D eigenvalue weighted by molar-refractivity contribution is 7.09. The van der Waals surface area contributed by atoms with Crippen LogP contribution in [0.2, 0.25) is 0 Å². The molecule has 0 bridgehead atoms. The number of nitrogens with zero attached hydrogens (tertiary/aromatic N) is 3. The highest BCUT2D eigenvalue weighted by Crippen LogP contribution is 2.29. The molecule has 1 aliphatic heterocycles. The van der Waals surface area contributed by atoms with Crippen molar-refractivity contribution in [3.05, 3.63) is 76.2 Å². The summed E-state index contributed by atoms with van der Waals surface area (Å²) in [4.78, 5) is 21.7. The minimum Gasteiger partial charge on any atom is -0.492 e. The zero-order valence-corrected chi connectivity index (χ0v) is 18.6. The predicted octanol–water partition coefficient (Wildman–Crippen LogP) is 3.79. The van der Waals surface area contributed by atoms with Crippen LogP contribution in [0, 0.1) is 0 Å². The number of para-hydroxylation sites is 2. The Morgan fingerprint density at radius 3 is 2.58 bits per heavy atom. The highest BCUT2D eigenvalue weighted by Gasteiger charge is 2.20. The van der Waals surface area contributed by atoms with Crippen LogP contribution < -0.4 is 15.0 Å². The molecule has 1 N–H and O–H groups in total. The molecule has 0 atom stereocenters. The number of benzene rings is 2. The SMILES string of the molecule is CCOc1ccccc1N1CCN(Cc2csc(CNC(=O)c3ccccc3)n2)CC1. The van der Waals surface area contributed by atoms with Gasteiger partial charge < -0.3 is 15.0 Å². The number of ether oxygens (including phenoxy) is 1. The van der Waals surface area contributed by atoms with Crippen molar-refractivity contribution >= 4 is 22.9 Å². The summed E-state index contributed by atoms with van der Waals surface area (Å²) in [6.45, 7) is 7.89. The molecule has 1 amide bonds. The fraction of sp³-hybridized carbons (Fsp3) is 0.333. The third kappa shape index (κ3) is 5.62. The van der Waals surface area contributed by atoms with Crippen molar-refractivity contribution in [1.29, 1.82) is 0 Å². The maximum atomic E-state index is 12.2. The minimum absolute atomic E-state index is 0.0687. The van der Waals surface area contributed by atoms with E-state index in [0.717, 1.165) is 49.2 Å². The molecule has 0 unspecified atom stereocenters. The van der Waals surface area contributed by atoms with E-state index < -0.39 is 0 Å². The van der Waals surface area contributed by atoms with Crippen LogP contribution in [0.25, 0.3) is 0 Å². The zero-order chi connectivity index (χ0) is 21.5. The fourth-order valence-corrected chi connectivity index (χ4v) is 4.45. The monoisotopic (exact) mass is 436 g/mol. The first-order valence-electron chi connectivity index (χ1n) is 10.7. The number of carbonyl (C=O) groups is 1. The Labute approximate surface area is 187 Å². The molecule has 0 radical (unpaired) electrons. The Hall–Kier alpha value is -2.90. The van der Waals surface area contributed by atoms with Gasteiger partial charge >= 0.3 is 0 Å². The Balaban J connectivity index is 1.26. The van der Waals surface area contributed by atoms with Gasteiger partial charge in [-0.3, -0.25) is 9.69 Å². The topological polar surface area (TPSA) is 57.7 Å². The van der Waals surface area contributed by atoms with E-state index >= 15 is 0 Å². The molecule has 1 aliphatic rings. The van der Waals surface area contributed by atoms with Crippen LogP contribution in [0.5, 0.6) is 5.75 Å². The Morgan fingerprint density at radius 1 is 1.06 bits per heavy atom. The van der Waals surface area contributed by atoms with Gasteiger partial charge in [0.25, 0.3) is 5.91 Å². The lowest BCUT2D eigenvalue weighted by Gasteiger charge is -2.36. The van der Waals surface area contributed by atoms with Crippen molar-refractivity contribution < 1.29 is 9.53 Å². The van der Waals surface area contributed by atoms with Gasteiger partial charge in [0.1, 0.15) is 10.8 Å². The van der Waals surface area contributed by atoms with Crippen LogP contribution in [0.3, 0.4) is 0 Å². The molecule has 1 saturated heterocycles. The van der Waals surface area contributed by atoms with E-state index in [0.29, 0.717) is 18.7 Å². The highest BCUT2D eigenvalue weighted by atomic mass is 32.1. The molecular formula is C24H28N4O2S. The van der Waals surface area contributed by atoms with Crippen molar-refractivity contribution in [1.82, 2.24) is 15.2 Å². The molecule has 6 nitrogen and oxygen atoms in total. The fourth-order valence-electron chi connectivity index (χ4n) is 3.72. The summed E-state index contributed by atoms with van der Waals surface area (Å²) in [5.41, 5.74) is 2.91. The number of nitrogens with one attached hydrogen (secondary N) is 1. The van der Waals surface area contributed by atoms with Gasteiger partial charge in [-0.2, -0.15) is 0 Å². The summed E-state index contributed by atoms with van der Waals surface area (Å²) in [5.74, 6) is 0.890. The number of aromatic nitrogens is 1. The second kappa shape index (κ2) is 10.4. The molecular weight excluding hydrogens is 408 g/mol. The van der Waals surface area contributed by atoms with E-state index in [1.165, 1.54) is 5.69 Å². The number of anilines is 1. The third-order valence-electron chi connectivity index (χ3n) is 5.30. The lowest BCUT2D eigenvalue weighted by Crippen LogP contribution is -2.46. The molecule has 2 heterocycles. The van der Waals surface area contributed by atoms with Crippen molar-refractivity contribution in [3.63, 3.8) is 0 Å². The van der Waals surface area contributed by atoms with Crippen molar-refractivity contribution in [2.75, 3.05) is 37.7 Å². The van der Waals surface area contributed by atoms with E-state index in [9.17, 15) is 4.79 Å². The summed E-state index contributed by atoms with van der Waals surface area (Å²) < 4.78 is 5.79. The quantitative estimate of drug-likeness (QED) is 0.582. The second-order valence-corrected chi connectivity index (χ2v) is 8.39. The van der Waals surface area contributed by atoms with Gasteiger partial charge in [0.15, 0.2) is 0 Å². The smallest absolute Gasteiger partial charge is 0.251 e. The van der Waals surface area contributed by atoms with Crippen molar-refractivity contribution in [2.24, 2.45) is 0 Å². The van der Waals surface area contributed by atoms with E-state index in [1.807, 2.05) is 49.4 Å². The first-order chi connectivity index (χ1) is 15.2. The van der Waals surface area contributed by atoms with Crippen molar-refractivity contribution in [2.45, 2.75) is 20.0 Å².